The number of H-pyrrole nitrogens is 2. The molecule has 0 aliphatic carbocycles. The minimum atomic E-state index is -1.76. The fourth-order valence-electron chi connectivity index (χ4n) is 14.6. The number of thiol groups is 2. The Balaban J connectivity index is 1.38. The average molecular weight is 1990 g/mol. The molecule has 0 aliphatic rings. The van der Waals surface area contributed by atoms with Crippen molar-refractivity contribution in [2.45, 2.75) is 255 Å². The third-order valence-electron chi connectivity index (χ3n) is 22.1. The van der Waals surface area contributed by atoms with Gasteiger partial charge in [-0.2, -0.15) is 37.0 Å². The molecule has 0 bridgehead atoms. The number of primary amides is 2. The molecule has 16 atom stereocenters. The molecule has 0 unspecified atom stereocenters. The predicted octanol–water partition coefficient (Wildman–Crippen LogP) is -1.99. The number of carboxylic acid groups (broad SMARTS) is 3. The summed E-state index contributed by atoms with van der Waals surface area (Å²) < 4.78 is 0. The molecule has 5 aromatic rings. The fourth-order valence-corrected chi connectivity index (χ4v) is 15.6. The van der Waals surface area contributed by atoms with Crippen LogP contribution in [0.25, 0.3) is 21.8 Å². The molecule has 0 saturated carbocycles. The number of aliphatic carboxylic acids is 3. The lowest BCUT2D eigenvalue weighted by Crippen LogP contribution is -2.62. The van der Waals surface area contributed by atoms with Gasteiger partial charge in [-0.25, -0.2) is 4.79 Å². The molecule has 0 radical (unpaired) electrons. The van der Waals surface area contributed by atoms with Crippen LogP contribution in [-0.2, 0) is 115 Å². The van der Waals surface area contributed by atoms with Gasteiger partial charge in [-0.15, -0.1) is 0 Å². The Morgan fingerprint density at radius 2 is 0.725 bits per heavy atom. The van der Waals surface area contributed by atoms with E-state index >= 15 is 4.79 Å². The molecule has 5 rings (SSSR count). The van der Waals surface area contributed by atoms with Gasteiger partial charge in [-0.05, 0) is 129 Å². The first-order chi connectivity index (χ1) is 65.2. The number of nitrogens with two attached hydrogens (primary N) is 4. The van der Waals surface area contributed by atoms with Crippen molar-refractivity contribution in [3.63, 3.8) is 0 Å². The van der Waals surface area contributed by atoms with Gasteiger partial charge in [0.25, 0.3) is 0 Å². The Hall–Kier alpha value is -12.9. The van der Waals surface area contributed by atoms with Crippen molar-refractivity contribution in [2.24, 2.45) is 46.6 Å². The van der Waals surface area contributed by atoms with Gasteiger partial charge in [-0.1, -0.05) is 122 Å². The Morgan fingerprint density at radius 1 is 0.362 bits per heavy atom. The molecule has 0 fully saturated rings. The molecule has 0 aliphatic heterocycles. The Kier molecular flexibility index (Phi) is 48.6. The molecular weight excluding hydrogens is 1850 g/mol. The van der Waals surface area contributed by atoms with Gasteiger partial charge in [0.05, 0.1) is 18.9 Å². The van der Waals surface area contributed by atoms with Crippen LogP contribution in [0.1, 0.15) is 156 Å². The molecule has 138 heavy (non-hydrogen) atoms. The van der Waals surface area contributed by atoms with Gasteiger partial charge in [-0.3, -0.25) is 91.1 Å². The smallest absolute Gasteiger partial charge is 0.326 e. The summed E-state index contributed by atoms with van der Waals surface area (Å²) in [6, 6.07) is -2.76. The van der Waals surface area contributed by atoms with Crippen LogP contribution in [0.15, 0.2) is 91.3 Å². The number of hydrogen-bond acceptors (Lipinski definition) is 25. The van der Waals surface area contributed by atoms with Crippen LogP contribution in [-0.4, -0.2) is 270 Å². The van der Waals surface area contributed by atoms with Crippen molar-refractivity contribution in [2.75, 3.05) is 30.1 Å². The van der Waals surface area contributed by atoms with Crippen molar-refractivity contribution in [1.82, 2.24) is 89.7 Å². The van der Waals surface area contributed by atoms with E-state index in [1.807, 2.05) is 0 Å². The van der Waals surface area contributed by atoms with Crippen molar-refractivity contribution in [1.29, 1.82) is 0 Å². The van der Waals surface area contributed by atoms with Crippen LogP contribution in [0.4, 0.5) is 0 Å². The monoisotopic (exact) mass is 1980 g/mol. The normalized spacial score (nSPS) is 14.8. The Morgan fingerprint density at radius 3 is 1.16 bits per heavy atom. The van der Waals surface area contributed by atoms with Crippen molar-refractivity contribution >= 4 is 177 Å². The molecule has 28 N–H and O–H groups in total. The second-order valence-electron chi connectivity index (χ2n) is 35.1. The summed E-state index contributed by atoms with van der Waals surface area (Å²) in [5, 5.41) is 68.5. The number of benzene rings is 3. The maximum atomic E-state index is 15.0. The van der Waals surface area contributed by atoms with Gasteiger partial charge in [0.1, 0.15) is 90.6 Å². The number of amides is 17. The third-order valence-corrected chi connectivity index (χ3v) is 23.5. The van der Waals surface area contributed by atoms with Crippen molar-refractivity contribution < 1.29 is 111 Å². The number of aromatic amines is 2. The highest BCUT2D eigenvalue weighted by atomic mass is 32.2. The van der Waals surface area contributed by atoms with E-state index in [1.54, 1.807) is 153 Å². The first-order valence-electron chi connectivity index (χ1n) is 45.3. The Labute approximate surface area is 813 Å². The van der Waals surface area contributed by atoms with Crippen LogP contribution < -0.4 is 103 Å². The number of carbonyl (C=O) groups excluding carboxylic acids is 17. The predicted molar refractivity (Wildman–Crippen MR) is 518 cm³/mol. The van der Waals surface area contributed by atoms with Crippen LogP contribution in [0.3, 0.4) is 0 Å². The average Bonchev–Trinajstić information content (AvgIpc) is 1.69. The van der Waals surface area contributed by atoms with Gasteiger partial charge < -0.3 is 128 Å². The highest BCUT2D eigenvalue weighted by Crippen LogP contribution is 2.23. The summed E-state index contributed by atoms with van der Waals surface area (Å²) in [4.78, 5) is 283. The topological polar surface area (TPSA) is 718 Å². The number of nitrogens with one attached hydrogen (secondary N) is 17. The number of carbonyl (C=O) groups is 20. The largest absolute Gasteiger partial charge is 0.481 e. The van der Waals surface area contributed by atoms with Gasteiger partial charge in [0.2, 0.25) is 100 Å². The second kappa shape index (κ2) is 58.0. The van der Waals surface area contributed by atoms with Crippen molar-refractivity contribution in [3.8, 4) is 0 Å². The van der Waals surface area contributed by atoms with E-state index in [9.17, 15) is 106 Å². The summed E-state index contributed by atoms with van der Waals surface area (Å²) in [7, 11) is 0. The molecular formula is C91H133N21O23S3. The molecule has 0 spiro atoms. The maximum absolute atomic E-state index is 15.0. The zero-order valence-electron chi connectivity index (χ0n) is 78.8. The van der Waals surface area contributed by atoms with E-state index in [0.717, 1.165) is 0 Å². The molecule has 44 nitrogen and oxygen atoms in total. The quantitative estimate of drug-likeness (QED) is 0.0148. The summed E-state index contributed by atoms with van der Waals surface area (Å²) in [5.41, 5.74) is 25.7. The van der Waals surface area contributed by atoms with Gasteiger partial charge in [0, 0.05) is 77.8 Å². The van der Waals surface area contributed by atoms with Crippen LogP contribution in [0, 0.1) is 23.7 Å². The van der Waals surface area contributed by atoms with Crippen LogP contribution in [0.5, 0.6) is 0 Å². The standard InChI is InChI=1S/C91H133N21O23S3/c1-45(2)34-62(104-84(127)63(36-50-20-12-11-13-21-50)105-80(123)60(28-30-72(115)116)101-87(130)69(44-137)110-90(133)75(48(7)8)111-85(128)65(103-77(120)55(93)39-73(117)118)38-52-42-97-57-25-17-15-23-54(52)57)83(126)99-58(26-18-19-32-92)78(121)102-61(31-33-138-10)81(124)100-59(27-29-70(94)113)79(122)106-64(37-51-41-96-56-24-16-14-22-53(51)56)82(125)98-49(9)76(119)109-68(43-136)88(131)107-66(40-71(95)114)86(129)112-74(47(5)6)89(132)108-67(91(134)135)35-46(3)4/h11-17,20-25,41-42,45-49,55,58-69,74-75,96-97,136-137H,18-19,26-40,43-44,92-93H2,1-10H3,(H2,94,113)(H2,95,114)(H,98,125)(H,99,126)(H,100,124)(H,101,130)(H,102,121)(H,103,120)(H,104,127)(H,105,123)(H,106,122)(H,107,131)(H,108,132)(H,109,119)(H,110,133)(H,111,128)(H,112,129)(H,115,116)(H,117,118)(H,134,135)/t49-,55-,58-,59-,60-,61-,62-,63-,64-,65-,66-,67-,68-,69-,74-,75-/m0/s1. The summed E-state index contributed by atoms with van der Waals surface area (Å²) in [6.45, 7) is 14.5. The number of rotatable bonds is 62. The lowest BCUT2D eigenvalue weighted by molar-refractivity contribution is -0.143. The van der Waals surface area contributed by atoms with Crippen LogP contribution >= 0.6 is 37.0 Å². The molecule has 47 heteroatoms. The number of para-hydroxylation sites is 2. The van der Waals surface area contributed by atoms with Crippen LogP contribution in [0.2, 0.25) is 0 Å². The van der Waals surface area contributed by atoms with E-state index < -0.39 is 277 Å². The minimum absolute atomic E-state index is 0.0475. The maximum Gasteiger partial charge on any atom is 0.326 e. The van der Waals surface area contributed by atoms with E-state index in [1.165, 1.54) is 18.7 Å². The second-order valence-corrected chi connectivity index (χ2v) is 36.8. The lowest BCUT2D eigenvalue weighted by atomic mass is 9.99. The number of carboxylic acids is 3. The fraction of sp³-hybridized carbons (Fsp3) is 0.538. The summed E-state index contributed by atoms with van der Waals surface area (Å²) in [5.74, 6) is -23.8. The van der Waals surface area contributed by atoms with E-state index in [0.29, 0.717) is 44.9 Å². The molecule has 17 amide bonds. The highest BCUT2D eigenvalue weighted by molar-refractivity contribution is 7.98. The number of fused-ring (bicyclic) bond motifs is 2. The summed E-state index contributed by atoms with van der Waals surface area (Å²) in [6.07, 6.45) is 0.382. The zero-order chi connectivity index (χ0) is 103. The molecule has 0 saturated heterocycles. The first kappa shape index (κ1) is 116. The van der Waals surface area contributed by atoms with Gasteiger partial charge in [0.15, 0.2) is 0 Å². The number of thioether (sulfide) groups is 1. The minimum Gasteiger partial charge on any atom is -0.481 e. The first-order valence-corrected chi connectivity index (χ1v) is 47.9. The van der Waals surface area contributed by atoms with E-state index in [-0.39, 0.29) is 75.5 Å². The third kappa shape index (κ3) is 38.6. The summed E-state index contributed by atoms with van der Waals surface area (Å²) >= 11 is 9.80. The van der Waals surface area contributed by atoms with E-state index in [2.05, 4.69) is 115 Å². The van der Waals surface area contributed by atoms with E-state index in [4.69, 9.17) is 22.9 Å². The number of aromatic nitrogens is 2. The number of hydrogen-bond donors (Lipinski definition) is 26. The molecule has 2 aromatic heterocycles. The lowest BCUT2D eigenvalue weighted by Gasteiger charge is -2.29. The highest BCUT2D eigenvalue weighted by Gasteiger charge is 2.41. The molecule has 2 heterocycles. The zero-order valence-corrected chi connectivity index (χ0v) is 81.4. The van der Waals surface area contributed by atoms with Crippen molar-refractivity contribution in [3.05, 3.63) is 108 Å². The molecule has 3 aromatic carbocycles. The SMILES string of the molecule is CSCC[C@H](NC(=O)[C@H](CCCCN)NC(=O)[C@H](CC(C)C)NC(=O)[C@H](Cc1ccccc1)NC(=O)[C@H](CCC(=O)O)NC(=O)[C@H](CS)NC(=O)[C@@H](NC(=O)[C@H](Cc1c[nH]c2ccccc12)NC(=O)[C@@H](N)CC(=O)O)C(C)C)C(=O)N[C@@H](CCC(N)=O)C(=O)N[C@@H](Cc1c[nH]c2ccccc12)C(=O)N[C@@H](C)C(=O)N[C@@H](CS)C(=O)N[C@@H](CC(N)=O)C(=O)N[C@H](C(=O)N[C@@H](CC(C)C)C(=O)O)C(C)C. The van der Waals surface area contributed by atoms with Gasteiger partial charge >= 0.3 is 17.9 Å². The number of unbranched alkanes of at least 4 members (excludes halogenated alkanes) is 1. The molecule has 758 valence electrons. The Bertz CT molecular complexity index is 5060.